The van der Waals surface area contributed by atoms with E-state index in [1.807, 2.05) is 6.92 Å². The van der Waals surface area contributed by atoms with E-state index in [0.717, 1.165) is 0 Å². The molecule has 1 aromatic heterocycles. The standard InChI is InChI=1S/C15H13Cl2N3O2/c1-2-22-14-12(16)7-10(8-13(14)17)9-19-20-15(21)11-3-5-18-6-4-11/h3-9H,2H2,1H3,(H,20,21)/b19-9-. The van der Waals surface area contributed by atoms with Gasteiger partial charge in [0.05, 0.1) is 22.9 Å². The molecule has 1 heterocycles. The van der Waals surface area contributed by atoms with Crippen molar-refractivity contribution in [1.82, 2.24) is 10.4 Å². The highest BCUT2D eigenvalue weighted by molar-refractivity contribution is 6.37. The van der Waals surface area contributed by atoms with Crippen molar-refractivity contribution in [3.8, 4) is 5.75 Å². The summed E-state index contributed by atoms with van der Waals surface area (Å²) < 4.78 is 5.34. The average molecular weight is 338 g/mol. The van der Waals surface area contributed by atoms with Crippen LogP contribution in [0.3, 0.4) is 0 Å². The summed E-state index contributed by atoms with van der Waals surface area (Å²) in [5, 5.41) is 4.64. The molecular formula is C15H13Cl2N3O2. The fourth-order valence-corrected chi connectivity index (χ4v) is 2.28. The second kappa shape index (κ2) is 7.77. The number of ether oxygens (including phenoxy) is 1. The lowest BCUT2D eigenvalue weighted by atomic mass is 10.2. The third-order valence-electron chi connectivity index (χ3n) is 2.63. The predicted molar refractivity (Wildman–Crippen MR) is 86.9 cm³/mol. The molecule has 7 heteroatoms. The minimum Gasteiger partial charge on any atom is -0.491 e. The number of benzene rings is 1. The second-order valence-electron chi connectivity index (χ2n) is 4.18. The van der Waals surface area contributed by atoms with E-state index in [2.05, 4.69) is 15.5 Å². The lowest BCUT2D eigenvalue weighted by molar-refractivity contribution is 0.0955. The molecule has 0 unspecified atom stereocenters. The van der Waals surface area contributed by atoms with Crippen LogP contribution in [0.1, 0.15) is 22.8 Å². The van der Waals surface area contributed by atoms with E-state index in [1.54, 1.807) is 24.3 Å². The largest absolute Gasteiger partial charge is 0.491 e. The molecule has 0 aliphatic carbocycles. The van der Waals surface area contributed by atoms with Gasteiger partial charge in [-0.15, -0.1) is 0 Å². The summed E-state index contributed by atoms with van der Waals surface area (Å²) in [5.41, 5.74) is 3.53. The molecule has 0 atom stereocenters. The average Bonchev–Trinajstić information content (AvgIpc) is 2.51. The molecule has 0 bridgehead atoms. The number of nitrogens with one attached hydrogen (secondary N) is 1. The maximum Gasteiger partial charge on any atom is 0.271 e. The third-order valence-corrected chi connectivity index (χ3v) is 3.19. The Morgan fingerprint density at radius 1 is 1.32 bits per heavy atom. The van der Waals surface area contributed by atoms with Crippen LogP contribution in [0.5, 0.6) is 5.75 Å². The Balaban J connectivity index is 2.06. The molecule has 5 nitrogen and oxygen atoms in total. The first-order valence-corrected chi connectivity index (χ1v) is 7.22. The minimum atomic E-state index is -0.332. The quantitative estimate of drug-likeness (QED) is 0.670. The van der Waals surface area contributed by atoms with E-state index in [1.165, 1.54) is 18.6 Å². The van der Waals surface area contributed by atoms with Crippen LogP contribution < -0.4 is 10.2 Å². The molecule has 1 amide bonds. The van der Waals surface area contributed by atoms with Crippen molar-refractivity contribution in [3.05, 3.63) is 57.8 Å². The van der Waals surface area contributed by atoms with Gasteiger partial charge in [0.15, 0.2) is 5.75 Å². The van der Waals surface area contributed by atoms with Crippen molar-refractivity contribution >= 4 is 35.3 Å². The molecular weight excluding hydrogens is 325 g/mol. The Labute approximate surface area is 137 Å². The van der Waals surface area contributed by atoms with Crippen LogP contribution in [0.15, 0.2) is 41.8 Å². The first-order chi connectivity index (χ1) is 10.6. The molecule has 0 radical (unpaired) electrons. The summed E-state index contributed by atoms with van der Waals surface area (Å²) in [5.74, 6) is 0.102. The molecule has 1 N–H and O–H groups in total. The van der Waals surface area contributed by atoms with Gasteiger partial charge in [-0.3, -0.25) is 9.78 Å². The normalized spacial score (nSPS) is 10.7. The SMILES string of the molecule is CCOc1c(Cl)cc(/C=N\NC(=O)c2ccncc2)cc1Cl. The number of carbonyl (C=O) groups is 1. The van der Waals surface area contributed by atoms with E-state index in [0.29, 0.717) is 33.5 Å². The summed E-state index contributed by atoms with van der Waals surface area (Å²) in [6, 6.07) is 6.49. The summed E-state index contributed by atoms with van der Waals surface area (Å²) in [4.78, 5) is 15.6. The highest BCUT2D eigenvalue weighted by atomic mass is 35.5. The van der Waals surface area contributed by atoms with Gasteiger partial charge in [0.1, 0.15) is 0 Å². The van der Waals surface area contributed by atoms with Crippen molar-refractivity contribution in [2.45, 2.75) is 6.92 Å². The Morgan fingerprint density at radius 2 is 1.95 bits per heavy atom. The molecule has 0 spiro atoms. The zero-order valence-electron chi connectivity index (χ0n) is 11.7. The maximum atomic E-state index is 11.8. The molecule has 0 aliphatic rings. The Morgan fingerprint density at radius 3 is 2.55 bits per heavy atom. The van der Waals surface area contributed by atoms with Crippen LogP contribution in [0.25, 0.3) is 0 Å². The van der Waals surface area contributed by atoms with Crippen molar-refractivity contribution in [2.75, 3.05) is 6.61 Å². The smallest absolute Gasteiger partial charge is 0.271 e. The first kappa shape index (κ1) is 16.3. The zero-order valence-corrected chi connectivity index (χ0v) is 13.2. The molecule has 0 saturated heterocycles. The highest BCUT2D eigenvalue weighted by Gasteiger charge is 2.08. The summed E-state index contributed by atoms with van der Waals surface area (Å²) >= 11 is 12.2. The lowest BCUT2D eigenvalue weighted by Crippen LogP contribution is -2.17. The van der Waals surface area contributed by atoms with Crippen LogP contribution in [-0.4, -0.2) is 23.7 Å². The van der Waals surface area contributed by atoms with Gasteiger partial charge in [0.25, 0.3) is 5.91 Å². The topological polar surface area (TPSA) is 63.6 Å². The number of hydrogen-bond donors (Lipinski definition) is 1. The van der Waals surface area contributed by atoms with Crippen LogP contribution in [0.2, 0.25) is 10.0 Å². The van der Waals surface area contributed by atoms with Crippen molar-refractivity contribution in [1.29, 1.82) is 0 Å². The molecule has 2 rings (SSSR count). The third kappa shape index (κ3) is 4.19. The van der Waals surface area contributed by atoms with Gasteiger partial charge >= 0.3 is 0 Å². The Bertz CT molecular complexity index is 667. The molecule has 0 fully saturated rings. The van der Waals surface area contributed by atoms with Gasteiger partial charge in [-0.05, 0) is 36.8 Å². The van der Waals surface area contributed by atoms with E-state index in [9.17, 15) is 4.79 Å². The van der Waals surface area contributed by atoms with Crippen LogP contribution in [-0.2, 0) is 0 Å². The fraction of sp³-hybridized carbons (Fsp3) is 0.133. The number of hydrogen-bond acceptors (Lipinski definition) is 4. The number of hydrazone groups is 1. The first-order valence-electron chi connectivity index (χ1n) is 6.47. The lowest BCUT2D eigenvalue weighted by Gasteiger charge is -2.08. The molecule has 2 aromatic rings. The monoisotopic (exact) mass is 337 g/mol. The highest BCUT2D eigenvalue weighted by Crippen LogP contribution is 2.33. The van der Waals surface area contributed by atoms with Crippen LogP contribution in [0, 0.1) is 0 Å². The van der Waals surface area contributed by atoms with Gasteiger partial charge in [0, 0.05) is 18.0 Å². The molecule has 114 valence electrons. The van der Waals surface area contributed by atoms with Gasteiger partial charge in [-0.2, -0.15) is 5.10 Å². The number of rotatable bonds is 5. The Hall–Kier alpha value is -2.11. The van der Waals surface area contributed by atoms with Crippen molar-refractivity contribution in [3.63, 3.8) is 0 Å². The summed E-state index contributed by atoms with van der Waals surface area (Å²) in [6.45, 7) is 2.31. The zero-order chi connectivity index (χ0) is 15.9. The van der Waals surface area contributed by atoms with E-state index < -0.39 is 0 Å². The maximum absolute atomic E-state index is 11.8. The minimum absolute atomic E-state index is 0.332. The second-order valence-corrected chi connectivity index (χ2v) is 5.00. The summed E-state index contributed by atoms with van der Waals surface area (Å²) in [6.07, 6.45) is 4.52. The number of aromatic nitrogens is 1. The Kier molecular flexibility index (Phi) is 5.75. The van der Waals surface area contributed by atoms with E-state index in [4.69, 9.17) is 27.9 Å². The molecule has 22 heavy (non-hydrogen) atoms. The number of halogens is 2. The van der Waals surface area contributed by atoms with Gasteiger partial charge in [-0.25, -0.2) is 5.43 Å². The van der Waals surface area contributed by atoms with Crippen LogP contribution >= 0.6 is 23.2 Å². The van der Waals surface area contributed by atoms with Gasteiger partial charge < -0.3 is 4.74 Å². The number of nitrogens with zero attached hydrogens (tertiary/aromatic N) is 2. The summed E-state index contributed by atoms with van der Waals surface area (Å²) in [7, 11) is 0. The van der Waals surface area contributed by atoms with Crippen molar-refractivity contribution in [2.24, 2.45) is 5.10 Å². The van der Waals surface area contributed by atoms with E-state index >= 15 is 0 Å². The predicted octanol–water partition coefficient (Wildman–Crippen LogP) is 3.55. The number of pyridine rings is 1. The molecule has 0 saturated carbocycles. The van der Waals surface area contributed by atoms with Gasteiger partial charge in [0.2, 0.25) is 0 Å². The molecule has 1 aromatic carbocycles. The van der Waals surface area contributed by atoms with Gasteiger partial charge in [-0.1, -0.05) is 23.2 Å². The van der Waals surface area contributed by atoms with E-state index in [-0.39, 0.29) is 5.91 Å². The molecule has 0 aliphatic heterocycles. The number of amides is 1. The number of carbonyl (C=O) groups excluding carboxylic acids is 1. The fourth-order valence-electron chi connectivity index (χ4n) is 1.67. The van der Waals surface area contributed by atoms with Crippen LogP contribution in [0.4, 0.5) is 0 Å². The van der Waals surface area contributed by atoms with Crippen molar-refractivity contribution < 1.29 is 9.53 Å².